The maximum absolute atomic E-state index is 12.1. The van der Waals surface area contributed by atoms with Crippen LogP contribution in [0.2, 0.25) is 0 Å². The van der Waals surface area contributed by atoms with Gasteiger partial charge in [-0.25, -0.2) is 8.42 Å². The van der Waals surface area contributed by atoms with Gasteiger partial charge in [0.25, 0.3) is 0 Å². The normalized spacial score (nSPS) is 14.3. The Balaban J connectivity index is 5.67. The second-order valence-electron chi connectivity index (χ2n) is 4.74. The Hall–Kier alpha value is -0.0500. The van der Waals surface area contributed by atoms with Gasteiger partial charge in [0.1, 0.15) is 0 Å². The second kappa shape index (κ2) is 4.86. The molecule has 0 N–H and O–H groups in total. The van der Waals surface area contributed by atoms with Crippen molar-refractivity contribution in [2.24, 2.45) is 5.41 Å². The Morgan fingerprint density at radius 2 is 1.20 bits per heavy atom. The molecule has 0 unspecified atom stereocenters. The van der Waals surface area contributed by atoms with Gasteiger partial charge in [0.2, 0.25) is 0 Å². The summed E-state index contributed by atoms with van der Waals surface area (Å²) in [5.41, 5.74) is -0.107. The molecule has 0 aromatic carbocycles. The molecular formula is C12H26O2S. The smallest absolute Gasteiger partial charge is 0.153 e. The minimum Gasteiger partial charge on any atom is -0.229 e. The van der Waals surface area contributed by atoms with Gasteiger partial charge in [0.05, 0.1) is 4.75 Å². The van der Waals surface area contributed by atoms with E-state index in [-0.39, 0.29) is 5.41 Å². The highest BCUT2D eigenvalue weighted by atomic mass is 32.2. The average molecular weight is 234 g/mol. The Labute approximate surface area is 95.4 Å². The highest BCUT2D eigenvalue weighted by Crippen LogP contribution is 2.47. The van der Waals surface area contributed by atoms with E-state index in [1.807, 2.05) is 13.8 Å². The van der Waals surface area contributed by atoms with Gasteiger partial charge in [-0.05, 0) is 31.1 Å². The van der Waals surface area contributed by atoms with Crippen LogP contribution in [-0.2, 0) is 9.84 Å². The van der Waals surface area contributed by atoms with Gasteiger partial charge in [-0.15, -0.1) is 0 Å². The highest BCUT2D eigenvalue weighted by Gasteiger charge is 2.50. The summed E-state index contributed by atoms with van der Waals surface area (Å²) < 4.78 is 23.6. The standard InChI is InChI=1S/C12H26O2S/c1-7-11(5,8-2)12(9-3,10-4)15(6,13)14/h7-10H2,1-6H3. The van der Waals surface area contributed by atoms with Crippen molar-refractivity contribution in [3.63, 3.8) is 0 Å². The maximum Gasteiger partial charge on any atom is 0.153 e. The quantitative estimate of drug-likeness (QED) is 0.705. The Morgan fingerprint density at radius 1 is 0.867 bits per heavy atom. The van der Waals surface area contributed by atoms with E-state index < -0.39 is 14.6 Å². The molecule has 0 fully saturated rings. The average Bonchev–Trinajstić information content (AvgIpc) is 2.17. The third kappa shape index (κ3) is 2.22. The van der Waals surface area contributed by atoms with Crippen LogP contribution in [0.5, 0.6) is 0 Å². The van der Waals surface area contributed by atoms with E-state index in [1.54, 1.807) is 0 Å². The van der Waals surface area contributed by atoms with Gasteiger partial charge in [-0.2, -0.15) is 0 Å². The van der Waals surface area contributed by atoms with Crippen molar-refractivity contribution >= 4 is 9.84 Å². The monoisotopic (exact) mass is 234 g/mol. The first kappa shape index (κ1) is 14.9. The SMILES string of the molecule is CCC(C)(CC)C(CC)(CC)S(C)(=O)=O. The third-order valence-electron chi connectivity index (χ3n) is 4.51. The molecule has 2 nitrogen and oxygen atoms in total. The minimum absolute atomic E-state index is 0.107. The number of hydrogen-bond acceptors (Lipinski definition) is 2. The van der Waals surface area contributed by atoms with Crippen LogP contribution in [0.15, 0.2) is 0 Å². The molecule has 0 rings (SSSR count). The van der Waals surface area contributed by atoms with Crippen LogP contribution in [0.1, 0.15) is 60.3 Å². The van der Waals surface area contributed by atoms with Crippen LogP contribution < -0.4 is 0 Å². The molecule has 0 aromatic heterocycles. The summed E-state index contributed by atoms with van der Waals surface area (Å²) in [5.74, 6) is 0. The zero-order chi connectivity index (χ0) is 12.3. The molecule has 0 heterocycles. The van der Waals surface area contributed by atoms with Gasteiger partial charge in [-0.1, -0.05) is 34.6 Å². The lowest BCUT2D eigenvalue weighted by Crippen LogP contribution is -2.50. The summed E-state index contributed by atoms with van der Waals surface area (Å²) in [4.78, 5) is 0. The Bertz CT molecular complexity index is 283. The molecule has 0 aliphatic carbocycles. The molecule has 92 valence electrons. The van der Waals surface area contributed by atoms with E-state index in [1.165, 1.54) is 6.26 Å². The summed E-state index contributed by atoms with van der Waals surface area (Å²) in [6, 6.07) is 0. The second-order valence-corrected chi connectivity index (χ2v) is 7.07. The van der Waals surface area contributed by atoms with Gasteiger partial charge in [-0.3, -0.25) is 0 Å². The summed E-state index contributed by atoms with van der Waals surface area (Å²) in [5, 5.41) is 0. The largest absolute Gasteiger partial charge is 0.229 e. The summed E-state index contributed by atoms with van der Waals surface area (Å²) in [6.07, 6.45) is 4.64. The molecule has 0 aliphatic heterocycles. The molecule has 3 heteroatoms. The molecule has 0 amide bonds. The maximum atomic E-state index is 12.1. The fourth-order valence-corrected chi connectivity index (χ4v) is 5.20. The molecule has 0 saturated carbocycles. The fourth-order valence-electron chi connectivity index (χ4n) is 2.97. The molecule has 0 aromatic rings. The predicted octanol–water partition coefficient (Wildman–Crippen LogP) is 3.42. The lowest BCUT2D eigenvalue weighted by Gasteiger charge is -2.46. The van der Waals surface area contributed by atoms with Gasteiger partial charge in [0.15, 0.2) is 9.84 Å². The Kier molecular flexibility index (Phi) is 4.84. The van der Waals surface area contributed by atoms with E-state index in [0.717, 1.165) is 12.8 Å². The van der Waals surface area contributed by atoms with Crippen LogP contribution in [0.25, 0.3) is 0 Å². The molecule has 0 saturated heterocycles. The van der Waals surface area contributed by atoms with E-state index in [2.05, 4.69) is 20.8 Å². The van der Waals surface area contributed by atoms with Crippen molar-refractivity contribution in [2.45, 2.75) is 65.0 Å². The topological polar surface area (TPSA) is 34.1 Å². The van der Waals surface area contributed by atoms with Crippen LogP contribution in [0.3, 0.4) is 0 Å². The number of hydrogen-bond donors (Lipinski definition) is 0. The van der Waals surface area contributed by atoms with E-state index in [0.29, 0.717) is 12.8 Å². The van der Waals surface area contributed by atoms with Crippen LogP contribution in [-0.4, -0.2) is 19.4 Å². The first-order valence-electron chi connectivity index (χ1n) is 5.94. The van der Waals surface area contributed by atoms with Crippen LogP contribution in [0, 0.1) is 5.41 Å². The lowest BCUT2D eigenvalue weighted by atomic mass is 9.69. The van der Waals surface area contributed by atoms with E-state index in [9.17, 15) is 8.42 Å². The first-order valence-corrected chi connectivity index (χ1v) is 7.83. The molecule has 0 radical (unpaired) electrons. The number of sulfone groups is 1. The molecular weight excluding hydrogens is 208 g/mol. The van der Waals surface area contributed by atoms with Gasteiger partial charge >= 0.3 is 0 Å². The summed E-state index contributed by atoms with van der Waals surface area (Å²) in [6.45, 7) is 10.3. The molecule has 0 aliphatic rings. The third-order valence-corrected chi connectivity index (χ3v) is 7.00. The van der Waals surface area contributed by atoms with E-state index >= 15 is 0 Å². The predicted molar refractivity (Wildman–Crippen MR) is 66.8 cm³/mol. The van der Waals surface area contributed by atoms with Crippen molar-refractivity contribution in [3.05, 3.63) is 0 Å². The van der Waals surface area contributed by atoms with Crippen molar-refractivity contribution in [3.8, 4) is 0 Å². The van der Waals surface area contributed by atoms with Crippen LogP contribution >= 0.6 is 0 Å². The van der Waals surface area contributed by atoms with Crippen molar-refractivity contribution in [2.75, 3.05) is 6.26 Å². The van der Waals surface area contributed by atoms with Gasteiger partial charge in [0, 0.05) is 6.26 Å². The molecule has 0 spiro atoms. The van der Waals surface area contributed by atoms with Crippen molar-refractivity contribution < 1.29 is 8.42 Å². The van der Waals surface area contributed by atoms with Gasteiger partial charge < -0.3 is 0 Å². The van der Waals surface area contributed by atoms with E-state index in [4.69, 9.17) is 0 Å². The summed E-state index contributed by atoms with van der Waals surface area (Å²) in [7, 11) is -3.01. The minimum atomic E-state index is -3.01. The first-order chi connectivity index (χ1) is 6.74. The summed E-state index contributed by atoms with van der Waals surface area (Å²) >= 11 is 0. The molecule has 0 bridgehead atoms. The van der Waals surface area contributed by atoms with Crippen molar-refractivity contribution in [1.82, 2.24) is 0 Å². The zero-order valence-corrected chi connectivity index (χ0v) is 11.9. The van der Waals surface area contributed by atoms with Crippen LogP contribution in [0.4, 0.5) is 0 Å². The highest BCUT2D eigenvalue weighted by molar-refractivity contribution is 7.92. The zero-order valence-electron chi connectivity index (χ0n) is 11.1. The molecule has 15 heavy (non-hydrogen) atoms. The fraction of sp³-hybridized carbons (Fsp3) is 1.00. The number of rotatable bonds is 6. The molecule has 0 atom stereocenters. The lowest BCUT2D eigenvalue weighted by molar-refractivity contribution is 0.180. The van der Waals surface area contributed by atoms with Crippen molar-refractivity contribution in [1.29, 1.82) is 0 Å². The Morgan fingerprint density at radius 3 is 1.27 bits per heavy atom.